The Morgan fingerprint density at radius 1 is 1.47 bits per heavy atom. The number of nitrogens with one attached hydrogen (secondary N) is 1. The smallest absolute Gasteiger partial charge is 0.314 e. The minimum Gasteiger partial charge on any atom is -0.351 e. The molecule has 104 valence electrons. The highest BCUT2D eigenvalue weighted by Crippen LogP contribution is 2.18. The van der Waals surface area contributed by atoms with E-state index in [2.05, 4.69) is 21.2 Å². The molecule has 0 unspecified atom stereocenters. The summed E-state index contributed by atoms with van der Waals surface area (Å²) in [5, 5.41) is 3.39. The van der Waals surface area contributed by atoms with E-state index in [1.165, 1.54) is 12.1 Å². The zero-order valence-electron chi connectivity index (χ0n) is 10.5. The molecule has 0 radical (unpaired) electrons. The van der Waals surface area contributed by atoms with Crippen molar-refractivity contribution in [3.8, 4) is 0 Å². The summed E-state index contributed by atoms with van der Waals surface area (Å²) in [6.45, 7) is 1.97. The van der Waals surface area contributed by atoms with E-state index in [4.69, 9.17) is 5.73 Å². The predicted octanol–water partition coefficient (Wildman–Crippen LogP) is 2.22. The second kappa shape index (κ2) is 6.34. The number of urea groups is 1. The highest BCUT2D eigenvalue weighted by Gasteiger charge is 2.20. The molecule has 2 rings (SSSR count). The number of carbonyl (C=O) groups excluding carboxylic acids is 1. The summed E-state index contributed by atoms with van der Waals surface area (Å²) in [6, 6.07) is 4.65. The van der Waals surface area contributed by atoms with Gasteiger partial charge in [0.25, 0.3) is 0 Å². The molecule has 6 heteroatoms. The van der Waals surface area contributed by atoms with Gasteiger partial charge in [-0.05, 0) is 36.6 Å². The molecule has 1 fully saturated rings. The molecule has 1 aliphatic heterocycles. The number of nitrogens with two attached hydrogens (primary N) is 1. The van der Waals surface area contributed by atoms with Gasteiger partial charge in [-0.1, -0.05) is 15.9 Å². The van der Waals surface area contributed by atoms with Crippen molar-refractivity contribution in [2.24, 2.45) is 5.73 Å². The Morgan fingerprint density at radius 2 is 2.16 bits per heavy atom. The Morgan fingerprint density at radius 3 is 2.79 bits per heavy atom. The molecule has 1 heterocycles. The molecule has 0 bridgehead atoms. The van der Waals surface area contributed by atoms with Gasteiger partial charge in [-0.3, -0.25) is 0 Å². The minimum atomic E-state index is -0.355. The van der Waals surface area contributed by atoms with E-state index in [1.807, 2.05) is 0 Å². The standard InChI is InChI=1S/C13H17BrFN3O/c14-12-2-1-10(15)7-9(12)8-17-11-3-5-18(6-4-11)13(16)19/h1-2,7,11,17H,3-6,8H2,(H2,16,19). The largest absolute Gasteiger partial charge is 0.351 e. The van der Waals surface area contributed by atoms with Crippen LogP contribution in [0.15, 0.2) is 22.7 Å². The Hall–Kier alpha value is -1.14. The summed E-state index contributed by atoms with van der Waals surface area (Å²) in [6.07, 6.45) is 1.74. The summed E-state index contributed by atoms with van der Waals surface area (Å²) in [7, 11) is 0. The van der Waals surface area contributed by atoms with Crippen LogP contribution in [0.1, 0.15) is 18.4 Å². The summed E-state index contributed by atoms with van der Waals surface area (Å²) < 4.78 is 14.0. The van der Waals surface area contributed by atoms with Crippen molar-refractivity contribution < 1.29 is 9.18 Å². The molecule has 1 saturated heterocycles. The molecular formula is C13H17BrFN3O. The number of rotatable bonds is 3. The second-order valence-corrected chi connectivity index (χ2v) is 5.57. The van der Waals surface area contributed by atoms with Gasteiger partial charge >= 0.3 is 6.03 Å². The van der Waals surface area contributed by atoms with Crippen molar-refractivity contribution >= 4 is 22.0 Å². The van der Waals surface area contributed by atoms with E-state index in [1.54, 1.807) is 11.0 Å². The number of hydrogen-bond donors (Lipinski definition) is 2. The Bertz CT molecular complexity index is 461. The lowest BCUT2D eigenvalue weighted by atomic mass is 10.0. The highest BCUT2D eigenvalue weighted by molar-refractivity contribution is 9.10. The van der Waals surface area contributed by atoms with Crippen molar-refractivity contribution in [3.63, 3.8) is 0 Å². The van der Waals surface area contributed by atoms with E-state index in [0.29, 0.717) is 25.7 Å². The van der Waals surface area contributed by atoms with Crippen molar-refractivity contribution in [3.05, 3.63) is 34.1 Å². The first-order valence-electron chi connectivity index (χ1n) is 6.28. The molecule has 3 N–H and O–H groups in total. The van der Waals surface area contributed by atoms with Gasteiger partial charge in [0.05, 0.1) is 0 Å². The van der Waals surface area contributed by atoms with Gasteiger partial charge in [0.2, 0.25) is 0 Å². The van der Waals surface area contributed by atoms with Crippen LogP contribution >= 0.6 is 15.9 Å². The second-order valence-electron chi connectivity index (χ2n) is 4.72. The minimum absolute atomic E-state index is 0.233. The van der Waals surface area contributed by atoms with Crippen LogP contribution in [0.2, 0.25) is 0 Å². The maximum Gasteiger partial charge on any atom is 0.314 e. The third kappa shape index (κ3) is 3.91. The van der Waals surface area contributed by atoms with Crippen molar-refractivity contribution in [1.29, 1.82) is 0 Å². The van der Waals surface area contributed by atoms with Crippen LogP contribution < -0.4 is 11.1 Å². The van der Waals surface area contributed by atoms with Crippen LogP contribution in [-0.4, -0.2) is 30.1 Å². The van der Waals surface area contributed by atoms with Gasteiger partial charge in [-0.15, -0.1) is 0 Å². The van der Waals surface area contributed by atoms with E-state index >= 15 is 0 Å². The summed E-state index contributed by atoms with van der Waals surface area (Å²) >= 11 is 3.41. The van der Waals surface area contributed by atoms with Gasteiger partial charge in [0.1, 0.15) is 5.82 Å². The Labute approximate surface area is 120 Å². The third-order valence-corrected chi connectivity index (χ3v) is 4.17. The summed E-state index contributed by atoms with van der Waals surface area (Å²) in [4.78, 5) is 12.7. The number of amides is 2. The number of carbonyl (C=O) groups is 1. The quantitative estimate of drug-likeness (QED) is 0.893. The van der Waals surface area contributed by atoms with E-state index < -0.39 is 0 Å². The van der Waals surface area contributed by atoms with Crippen LogP contribution in [-0.2, 0) is 6.54 Å². The number of benzene rings is 1. The molecule has 0 aliphatic carbocycles. The Kier molecular flexibility index (Phi) is 4.76. The van der Waals surface area contributed by atoms with Gasteiger partial charge in [0.15, 0.2) is 0 Å². The molecule has 19 heavy (non-hydrogen) atoms. The number of halogens is 2. The normalized spacial score (nSPS) is 16.6. The molecular weight excluding hydrogens is 313 g/mol. The van der Waals surface area contributed by atoms with Crippen molar-refractivity contribution in [2.75, 3.05) is 13.1 Å². The fraction of sp³-hybridized carbons (Fsp3) is 0.462. The molecule has 0 atom stereocenters. The van der Waals surface area contributed by atoms with Crippen molar-refractivity contribution in [2.45, 2.75) is 25.4 Å². The number of likely N-dealkylation sites (tertiary alicyclic amines) is 1. The number of hydrogen-bond acceptors (Lipinski definition) is 2. The van der Waals surface area contributed by atoms with Crippen LogP contribution in [0.25, 0.3) is 0 Å². The summed E-state index contributed by atoms with van der Waals surface area (Å²) in [5.74, 6) is -0.233. The fourth-order valence-corrected chi connectivity index (χ4v) is 2.62. The fourth-order valence-electron chi connectivity index (χ4n) is 2.24. The first kappa shape index (κ1) is 14.3. The zero-order valence-corrected chi connectivity index (χ0v) is 12.1. The van der Waals surface area contributed by atoms with E-state index in [9.17, 15) is 9.18 Å². The third-order valence-electron chi connectivity index (χ3n) is 3.40. The average molecular weight is 330 g/mol. The molecule has 1 aromatic carbocycles. The first-order valence-corrected chi connectivity index (χ1v) is 7.07. The van der Waals surface area contributed by atoms with Crippen LogP contribution in [0, 0.1) is 5.82 Å². The lowest BCUT2D eigenvalue weighted by Gasteiger charge is -2.31. The van der Waals surface area contributed by atoms with E-state index in [-0.39, 0.29) is 11.8 Å². The lowest BCUT2D eigenvalue weighted by Crippen LogP contribution is -2.46. The van der Waals surface area contributed by atoms with Crippen molar-refractivity contribution in [1.82, 2.24) is 10.2 Å². The zero-order chi connectivity index (χ0) is 13.8. The van der Waals surface area contributed by atoms with Crippen LogP contribution in [0.4, 0.5) is 9.18 Å². The molecule has 2 amide bonds. The van der Waals surface area contributed by atoms with Crippen LogP contribution in [0.3, 0.4) is 0 Å². The number of primary amides is 1. The van der Waals surface area contributed by atoms with Gasteiger partial charge in [-0.25, -0.2) is 9.18 Å². The monoisotopic (exact) mass is 329 g/mol. The predicted molar refractivity (Wildman–Crippen MR) is 75.1 cm³/mol. The number of nitrogens with zero attached hydrogens (tertiary/aromatic N) is 1. The highest BCUT2D eigenvalue weighted by atomic mass is 79.9. The van der Waals surface area contributed by atoms with Gasteiger partial charge in [0, 0.05) is 30.1 Å². The maximum atomic E-state index is 13.1. The van der Waals surface area contributed by atoms with Gasteiger partial charge in [-0.2, -0.15) is 0 Å². The molecule has 0 saturated carbocycles. The van der Waals surface area contributed by atoms with Gasteiger partial charge < -0.3 is 16.0 Å². The lowest BCUT2D eigenvalue weighted by molar-refractivity contribution is 0.185. The average Bonchev–Trinajstić information content (AvgIpc) is 2.40. The topological polar surface area (TPSA) is 58.4 Å². The molecule has 1 aromatic rings. The molecule has 4 nitrogen and oxygen atoms in total. The molecule has 1 aliphatic rings. The maximum absolute atomic E-state index is 13.1. The van der Waals surface area contributed by atoms with E-state index in [0.717, 1.165) is 22.9 Å². The molecule has 0 aromatic heterocycles. The summed E-state index contributed by atoms with van der Waals surface area (Å²) in [5.41, 5.74) is 6.13. The Balaban J connectivity index is 1.83. The van der Waals surface area contributed by atoms with Crippen LogP contribution in [0.5, 0.6) is 0 Å². The SMILES string of the molecule is NC(=O)N1CCC(NCc2cc(F)ccc2Br)CC1. The molecule has 0 spiro atoms. The number of piperidine rings is 1. The first-order chi connectivity index (χ1) is 9.06.